The first-order valence-electron chi connectivity index (χ1n) is 10.2. The SMILES string of the molecule is CC1CCCCC12NC(=O)N(CC(=O)Nc1ccc(Oc3ccc(Cl)cc3)nc1)C2=O. The molecule has 1 aliphatic carbocycles. The molecule has 2 N–H and O–H groups in total. The first-order chi connectivity index (χ1) is 14.9. The Bertz CT molecular complexity index is 996. The van der Waals surface area contributed by atoms with Crippen molar-refractivity contribution in [3.05, 3.63) is 47.6 Å². The average Bonchev–Trinajstić information content (AvgIpc) is 2.98. The number of carbonyl (C=O) groups is 3. The molecule has 4 amide bonds. The van der Waals surface area contributed by atoms with E-state index in [1.165, 1.54) is 6.20 Å². The van der Waals surface area contributed by atoms with Crippen molar-refractivity contribution < 1.29 is 19.1 Å². The zero-order valence-corrected chi connectivity index (χ0v) is 17.8. The summed E-state index contributed by atoms with van der Waals surface area (Å²) < 4.78 is 5.61. The fraction of sp³-hybridized carbons (Fsp3) is 0.364. The summed E-state index contributed by atoms with van der Waals surface area (Å²) in [4.78, 5) is 43.0. The minimum absolute atomic E-state index is 0.0446. The van der Waals surface area contributed by atoms with E-state index in [1.54, 1.807) is 36.4 Å². The summed E-state index contributed by atoms with van der Waals surface area (Å²) in [6.07, 6.45) is 4.85. The van der Waals surface area contributed by atoms with Crippen molar-refractivity contribution in [3.63, 3.8) is 0 Å². The Balaban J connectivity index is 1.36. The highest BCUT2D eigenvalue weighted by Gasteiger charge is 2.55. The lowest BCUT2D eigenvalue weighted by molar-refractivity contribution is -0.136. The van der Waals surface area contributed by atoms with Gasteiger partial charge in [0, 0.05) is 11.1 Å². The van der Waals surface area contributed by atoms with Crippen molar-refractivity contribution in [3.8, 4) is 11.6 Å². The number of halogens is 1. The van der Waals surface area contributed by atoms with Crippen LogP contribution in [0.15, 0.2) is 42.6 Å². The third-order valence-electron chi connectivity index (χ3n) is 5.86. The van der Waals surface area contributed by atoms with E-state index in [0.717, 1.165) is 24.2 Å². The molecule has 9 heteroatoms. The van der Waals surface area contributed by atoms with Crippen LogP contribution in [0.5, 0.6) is 11.6 Å². The zero-order valence-electron chi connectivity index (χ0n) is 17.1. The third kappa shape index (κ3) is 4.34. The van der Waals surface area contributed by atoms with Crippen molar-refractivity contribution in [2.24, 2.45) is 5.92 Å². The topological polar surface area (TPSA) is 101 Å². The predicted octanol–water partition coefficient (Wildman–Crippen LogP) is 3.97. The first kappa shape index (κ1) is 21.1. The summed E-state index contributed by atoms with van der Waals surface area (Å²) in [5.74, 6) is 0.186. The molecule has 31 heavy (non-hydrogen) atoms. The van der Waals surface area contributed by atoms with E-state index >= 15 is 0 Å². The van der Waals surface area contributed by atoms with Crippen LogP contribution in [-0.4, -0.2) is 39.8 Å². The van der Waals surface area contributed by atoms with E-state index in [0.29, 0.717) is 28.8 Å². The van der Waals surface area contributed by atoms with Gasteiger partial charge < -0.3 is 15.4 Å². The van der Waals surface area contributed by atoms with E-state index in [4.69, 9.17) is 16.3 Å². The van der Waals surface area contributed by atoms with Gasteiger partial charge in [-0.3, -0.25) is 14.5 Å². The Hall–Kier alpha value is -3.13. The number of hydrogen-bond donors (Lipinski definition) is 2. The van der Waals surface area contributed by atoms with Crippen LogP contribution in [0.1, 0.15) is 32.6 Å². The van der Waals surface area contributed by atoms with Crippen molar-refractivity contribution in [2.45, 2.75) is 38.1 Å². The highest BCUT2D eigenvalue weighted by Crippen LogP contribution is 2.38. The number of benzene rings is 1. The number of nitrogens with zero attached hydrogens (tertiary/aromatic N) is 2. The summed E-state index contributed by atoms with van der Waals surface area (Å²) in [5.41, 5.74) is -0.445. The Morgan fingerprint density at radius 3 is 2.71 bits per heavy atom. The number of rotatable bonds is 5. The average molecular weight is 443 g/mol. The van der Waals surface area contributed by atoms with Crippen LogP contribution in [0.4, 0.5) is 10.5 Å². The number of urea groups is 1. The third-order valence-corrected chi connectivity index (χ3v) is 6.11. The molecule has 1 aromatic heterocycles. The molecule has 2 aromatic rings. The van der Waals surface area contributed by atoms with Crippen LogP contribution in [-0.2, 0) is 9.59 Å². The fourth-order valence-corrected chi connectivity index (χ4v) is 4.25. The molecule has 2 atom stereocenters. The van der Waals surface area contributed by atoms with Crippen LogP contribution in [0.2, 0.25) is 5.02 Å². The Labute approximate surface area is 184 Å². The molecule has 0 radical (unpaired) electrons. The second kappa shape index (κ2) is 8.55. The van der Waals surface area contributed by atoms with Crippen molar-refractivity contribution in [1.82, 2.24) is 15.2 Å². The molecule has 8 nitrogen and oxygen atoms in total. The summed E-state index contributed by atoms with van der Waals surface area (Å²) in [6, 6.07) is 9.58. The van der Waals surface area contributed by atoms with Gasteiger partial charge in [0.05, 0.1) is 11.9 Å². The molecule has 1 aliphatic heterocycles. The Kier molecular flexibility index (Phi) is 5.82. The highest BCUT2D eigenvalue weighted by atomic mass is 35.5. The molecule has 2 fully saturated rings. The van der Waals surface area contributed by atoms with Gasteiger partial charge in [-0.25, -0.2) is 9.78 Å². The quantitative estimate of drug-likeness (QED) is 0.682. The fourth-order valence-electron chi connectivity index (χ4n) is 4.12. The number of carbonyl (C=O) groups excluding carboxylic acids is 3. The maximum absolute atomic E-state index is 13.0. The van der Waals surface area contributed by atoms with Gasteiger partial charge in [0.25, 0.3) is 5.91 Å². The molecule has 1 spiro atoms. The molecule has 2 unspecified atom stereocenters. The Morgan fingerprint density at radius 2 is 2.03 bits per heavy atom. The number of anilines is 1. The van der Waals surface area contributed by atoms with Crippen molar-refractivity contribution in [1.29, 1.82) is 0 Å². The van der Waals surface area contributed by atoms with Crippen molar-refractivity contribution >= 4 is 35.1 Å². The first-order valence-corrected chi connectivity index (χ1v) is 10.6. The largest absolute Gasteiger partial charge is 0.439 e. The minimum atomic E-state index is -0.877. The lowest BCUT2D eigenvalue weighted by Crippen LogP contribution is -2.54. The number of amides is 4. The van der Waals surface area contributed by atoms with Crippen LogP contribution >= 0.6 is 11.6 Å². The van der Waals surface area contributed by atoms with Crippen LogP contribution < -0.4 is 15.4 Å². The number of ether oxygens (including phenoxy) is 1. The van der Waals surface area contributed by atoms with Gasteiger partial charge in [0.1, 0.15) is 17.8 Å². The number of nitrogens with one attached hydrogen (secondary N) is 2. The van der Waals surface area contributed by atoms with E-state index in [1.807, 2.05) is 6.92 Å². The molecule has 2 aliphatic rings. The van der Waals surface area contributed by atoms with Gasteiger partial charge in [-0.15, -0.1) is 0 Å². The second-order valence-corrected chi connectivity index (χ2v) is 8.37. The number of pyridine rings is 1. The normalized spacial score (nSPS) is 23.0. The van der Waals surface area contributed by atoms with Gasteiger partial charge in [-0.1, -0.05) is 31.4 Å². The van der Waals surface area contributed by atoms with Crippen LogP contribution in [0.3, 0.4) is 0 Å². The standard InChI is InChI=1S/C22H23ClN4O4/c1-14-4-2-3-11-22(14)20(29)27(21(30)26-22)13-18(28)25-16-7-10-19(24-12-16)31-17-8-5-15(23)6-9-17/h5-10,12,14H,2-4,11,13H2,1H3,(H,25,28)(H,26,30). The van der Waals surface area contributed by atoms with E-state index in [-0.39, 0.29) is 18.4 Å². The minimum Gasteiger partial charge on any atom is -0.439 e. The van der Waals surface area contributed by atoms with E-state index in [9.17, 15) is 14.4 Å². The highest BCUT2D eigenvalue weighted by molar-refractivity contribution is 6.30. The lowest BCUT2D eigenvalue weighted by Gasteiger charge is -2.36. The molecule has 1 saturated carbocycles. The number of hydrogen-bond acceptors (Lipinski definition) is 5. The van der Waals surface area contributed by atoms with Gasteiger partial charge >= 0.3 is 6.03 Å². The summed E-state index contributed by atoms with van der Waals surface area (Å²) >= 11 is 5.85. The molecular formula is C22H23ClN4O4. The molecule has 4 rings (SSSR count). The molecule has 1 aromatic carbocycles. The molecule has 2 heterocycles. The second-order valence-electron chi connectivity index (χ2n) is 7.93. The lowest BCUT2D eigenvalue weighted by atomic mass is 9.73. The monoisotopic (exact) mass is 442 g/mol. The van der Waals surface area contributed by atoms with Gasteiger partial charge in [0.15, 0.2) is 0 Å². The summed E-state index contributed by atoms with van der Waals surface area (Å²) in [5, 5.41) is 6.11. The van der Waals surface area contributed by atoms with Gasteiger partial charge in [0.2, 0.25) is 11.8 Å². The number of imide groups is 1. The van der Waals surface area contributed by atoms with Gasteiger partial charge in [-0.2, -0.15) is 0 Å². The zero-order chi connectivity index (χ0) is 22.0. The summed E-state index contributed by atoms with van der Waals surface area (Å²) in [6.45, 7) is 1.63. The van der Waals surface area contributed by atoms with E-state index < -0.39 is 17.5 Å². The maximum Gasteiger partial charge on any atom is 0.325 e. The van der Waals surface area contributed by atoms with Crippen molar-refractivity contribution in [2.75, 3.05) is 11.9 Å². The predicted molar refractivity (Wildman–Crippen MR) is 115 cm³/mol. The van der Waals surface area contributed by atoms with Gasteiger partial charge in [-0.05, 0) is 49.1 Å². The maximum atomic E-state index is 13.0. The van der Waals surface area contributed by atoms with E-state index in [2.05, 4.69) is 15.6 Å². The molecule has 162 valence electrons. The molecule has 1 saturated heterocycles. The van der Waals surface area contributed by atoms with Crippen LogP contribution in [0, 0.1) is 5.92 Å². The Morgan fingerprint density at radius 1 is 1.26 bits per heavy atom. The number of aromatic nitrogens is 1. The summed E-state index contributed by atoms with van der Waals surface area (Å²) in [7, 11) is 0. The molecular weight excluding hydrogens is 420 g/mol. The smallest absolute Gasteiger partial charge is 0.325 e. The molecule has 0 bridgehead atoms. The van der Waals surface area contributed by atoms with Crippen LogP contribution in [0.25, 0.3) is 0 Å².